The van der Waals surface area contributed by atoms with E-state index in [1.54, 1.807) is 24.3 Å². The molecule has 0 unspecified atom stereocenters. The van der Waals surface area contributed by atoms with E-state index in [1.807, 2.05) is 0 Å². The third-order valence-corrected chi connectivity index (χ3v) is 2.63. The van der Waals surface area contributed by atoms with E-state index in [9.17, 15) is 14.4 Å². The number of rotatable bonds is 6. The molecule has 0 aromatic heterocycles. The number of nitrogens with one attached hydrogen (secondary N) is 1. The van der Waals surface area contributed by atoms with Crippen LogP contribution in [-0.2, 0) is 23.9 Å². The van der Waals surface area contributed by atoms with Gasteiger partial charge in [-0.2, -0.15) is 0 Å². The third kappa shape index (κ3) is 5.52. The van der Waals surface area contributed by atoms with Gasteiger partial charge < -0.3 is 19.7 Å². The number of carbonyl (C=O) groups excluding carboxylic acids is 3. The number of hydrogen-bond donors (Lipinski definition) is 1. The lowest BCUT2D eigenvalue weighted by atomic mass is 10.2. The summed E-state index contributed by atoms with van der Waals surface area (Å²) in [6, 6.07) is 6.80. The minimum Gasteiger partial charge on any atom is -0.468 e. The summed E-state index contributed by atoms with van der Waals surface area (Å²) in [4.78, 5) is 35.5. The van der Waals surface area contributed by atoms with Gasteiger partial charge in [0, 0.05) is 18.3 Å². The molecule has 0 aliphatic rings. The maximum Gasteiger partial charge on any atom is 0.325 e. The normalized spacial score (nSPS) is 9.67. The Labute approximate surface area is 122 Å². The first kappa shape index (κ1) is 16.5. The van der Waals surface area contributed by atoms with Crippen LogP contribution in [0.4, 0.5) is 11.4 Å². The van der Waals surface area contributed by atoms with E-state index in [0.29, 0.717) is 11.4 Å². The Kier molecular flexibility index (Phi) is 6.19. The van der Waals surface area contributed by atoms with Gasteiger partial charge in [0.15, 0.2) is 0 Å². The number of carbonyl (C=O) groups is 3. The lowest BCUT2D eigenvalue weighted by Crippen LogP contribution is -2.35. The first-order chi connectivity index (χ1) is 9.96. The standard InChI is InChI=1S/C14H18N2O5/c1-10(17)15-11-5-4-6-12(7-11)16(8-13(18)20-2)9-14(19)21-3/h4-7H,8-9H2,1-3H3,(H,15,17). The van der Waals surface area contributed by atoms with Crippen molar-refractivity contribution in [2.24, 2.45) is 0 Å². The van der Waals surface area contributed by atoms with Crippen molar-refractivity contribution in [3.8, 4) is 0 Å². The van der Waals surface area contributed by atoms with E-state index in [2.05, 4.69) is 14.8 Å². The molecule has 1 rings (SSSR count). The van der Waals surface area contributed by atoms with Crippen LogP contribution in [0.25, 0.3) is 0 Å². The number of esters is 2. The maximum atomic E-state index is 11.4. The van der Waals surface area contributed by atoms with Crippen molar-refractivity contribution in [1.29, 1.82) is 0 Å². The fraction of sp³-hybridized carbons (Fsp3) is 0.357. The first-order valence-electron chi connectivity index (χ1n) is 6.22. The van der Waals surface area contributed by atoms with E-state index < -0.39 is 11.9 Å². The predicted molar refractivity (Wildman–Crippen MR) is 77.0 cm³/mol. The Morgan fingerprint density at radius 1 is 1.10 bits per heavy atom. The van der Waals surface area contributed by atoms with E-state index in [-0.39, 0.29) is 19.0 Å². The zero-order chi connectivity index (χ0) is 15.8. The number of methoxy groups -OCH3 is 2. The average Bonchev–Trinajstić information content (AvgIpc) is 2.45. The highest BCUT2D eigenvalue weighted by Crippen LogP contribution is 2.19. The molecule has 1 N–H and O–H groups in total. The second kappa shape index (κ2) is 7.88. The Morgan fingerprint density at radius 3 is 2.14 bits per heavy atom. The summed E-state index contributed by atoms with van der Waals surface area (Å²) in [5.74, 6) is -1.17. The molecule has 1 amide bonds. The molecule has 0 fully saturated rings. The molecule has 0 heterocycles. The molecule has 0 aliphatic heterocycles. The van der Waals surface area contributed by atoms with Gasteiger partial charge in [-0.1, -0.05) is 6.07 Å². The Hall–Kier alpha value is -2.57. The average molecular weight is 294 g/mol. The number of ether oxygens (including phenoxy) is 2. The van der Waals surface area contributed by atoms with Gasteiger partial charge in [0.1, 0.15) is 13.1 Å². The van der Waals surface area contributed by atoms with Gasteiger partial charge >= 0.3 is 11.9 Å². The van der Waals surface area contributed by atoms with Gasteiger partial charge in [-0.25, -0.2) is 0 Å². The zero-order valence-corrected chi connectivity index (χ0v) is 12.2. The van der Waals surface area contributed by atoms with Gasteiger partial charge in [-0.15, -0.1) is 0 Å². The summed E-state index contributed by atoms with van der Waals surface area (Å²) in [6.45, 7) is 1.19. The molecule has 21 heavy (non-hydrogen) atoms. The Morgan fingerprint density at radius 2 is 1.67 bits per heavy atom. The van der Waals surface area contributed by atoms with E-state index in [1.165, 1.54) is 26.0 Å². The van der Waals surface area contributed by atoms with Gasteiger partial charge in [-0.3, -0.25) is 14.4 Å². The van der Waals surface area contributed by atoms with E-state index in [4.69, 9.17) is 0 Å². The van der Waals surface area contributed by atoms with Crippen molar-refractivity contribution >= 4 is 29.2 Å². The molecule has 0 saturated heterocycles. The third-order valence-electron chi connectivity index (χ3n) is 2.63. The molecule has 0 spiro atoms. The summed E-state index contributed by atoms with van der Waals surface area (Å²) in [5.41, 5.74) is 1.16. The molecule has 7 nitrogen and oxygen atoms in total. The number of hydrogen-bond acceptors (Lipinski definition) is 6. The van der Waals surface area contributed by atoms with Crippen molar-refractivity contribution in [2.45, 2.75) is 6.92 Å². The van der Waals surface area contributed by atoms with Crippen LogP contribution >= 0.6 is 0 Å². The zero-order valence-electron chi connectivity index (χ0n) is 12.2. The maximum absolute atomic E-state index is 11.4. The van der Waals surface area contributed by atoms with Crippen molar-refractivity contribution in [3.63, 3.8) is 0 Å². The van der Waals surface area contributed by atoms with Crippen LogP contribution in [0, 0.1) is 0 Å². The van der Waals surface area contributed by atoms with Gasteiger partial charge in [-0.05, 0) is 18.2 Å². The Balaban J connectivity index is 2.97. The van der Waals surface area contributed by atoms with Crippen LogP contribution < -0.4 is 10.2 Å². The fourth-order valence-corrected chi connectivity index (χ4v) is 1.66. The number of anilines is 2. The van der Waals surface area contributed by atoms with Crippen LogP contribution in [0.3, 0.4) is 0 Å². The highest BCUT2D eigenvalue weighted by atomic mass is 16.5. The van der Waals surface area contributed by atoms with Crippen LogP contribution in [0.5, 0.6) is 0 Å². The monoisotopic (exact) mass is 294 g/mol. The number of nitrogens with zero attached hydrogens (tertiary/aromatic N) is 1. The van der Waals surface area contributed by atoms with Crippen LogP contribution in [0.15, 0.2) is 24.3 Å². The molecule has 0 aliphatic carbocycles. The molecule has 1 aromatic carbocycles. The Bertz CT molecular complexity index is 512. The van der Waals surface area contributed by atoms with Gasteiger partial charge in [0.25, 0.3) is 0 Å². The molecule has 0 bridgehead atoms. The molecule has 7 heteroatoms. The molecule has 0 saturated carbocycles. The SMILES string of the molecule is COC(=O)CN(CC(=O)OC)c1cccc(NC(C)=O)c1. The molecule has 1 aromatic rings. The van der Waals surface area contributed by atoms with E-state index in [0.717, 1.165) is 0 Å². The van der Waals surface area contributed by atoms with Crippen molar-refractivity contribution in [2.75, 3.05) is 37.5 Å². The summed E-state index contributed by atoms with van der Waals surface area (Å²) >= 11 is 0. The van der Waals surface area contributed by atoms with Crippen LogP contribution in [0.1, 0.15) is 6.92 Å². The van der Waals surface area contributed by atoms with Crippen molar-refractivity contribution < 1.29 is 23.9 Å². The van der Waals surface area contributed by atoms with Crippen LogP contribution in [-0.4, -0.2) is 45.2 Å². The summed E-state index contributed by atoms with van der Waals surface area (Å²) in [6.07, 6.45) is 0. The fourth-order valence-electron chi connectivity index (χ4n) is 1.66. The molecule has 0 atom stereocenters. The lowest BCUT2D eigenvalue weighted by Gasteiger charge is -2.22. The van der Waals surface area contributed by atoms with Crippen molar-refractivity contribution in [3.05, 3.63) is 24.3 Å². The van der Waals surface area contributed by atoms with E-state index >= 15 is 0 Å². The van der Waals surface area contributed by atoms with Crippen LogP contribution in [0.2, 0.25) is 0 Å². The minimum atomic E-state index is -0.483. The topological polar surface area (TPSA) is 84.9 Å². The molecule has 0 radical (unpaired) electrons. The smallest absolute Gasteiger partial charge is 0.325 e. The molecular weight excluding hydrogens is 276 g/mol. The second-order valence-corrected chi connectivity index (χ2v) is 4.24. The summed E-state index contributed by atoms with van der Waals surface area (Å²) in [5, 5.41) is 2.64. The quantitative estimate of drug-likeness (QED) is 0.781. The lowest BCUT2D eigenvalue weighted by molar-refractivity contribution is -0.140. The highest BCUT2D eigenvalue weighted by molar-refractivity contribution is 5.89. The van der Waals surface area contributed by atoms with Gasteiger partial charge in [0.05, 0.1) is 14.2 Å². The minimum absolute atomic E-state index is 0.102. The van der Waals surface area contributed by atoms with Crippen molar-refractivity contribution in [1.82, 2.24) is 0 Å². The first-order valence-corrected chi connectivity index (χ1v) is 6.22. The largest absolute Gasteiger partial charge is 0.468 e. The summed E-state index contributed by atoms with van der Waals surface area (Å²) < 4.78 is 9.22. The molecular formula is C14H18N2O5. The second-order valence-electron chi connectivity index (χ2n) is 4.24. The summed E-state index contributed by atoms with van der Waals surface area (Å²) in [7, 11) is 2.54. The number of benzene rings is 1. The highest BCUT2D eigenvalue weighted by Gasteiger charge is 2.16. The predicted octanol–water partition coefficient (Wildman–Crippen LogP) is 0.797. The van der Waals surface area contributed by atoms with Gasteiger partial charge in [0.2, 0.25) is 5.91 Å². The molecule has 114 valence electrons. The number of amides is 1.